The van der Waals surface area contributed by atoms with Gasteiger partial charge >= 0.3 is 12.0 Å². The number of urea groups is 1. The second-order valence-electron chi connectivity index (χ2n) is 5.16. The van der Waals surface area contributed by atoms with Crippen molar-refractivity contribution in [2.45, 2.75) is 25.1 Å². The number of halogens is 1. The lowest BCUT2D eigenvalue weighted by molar-refractivity contribution is -0.141. The molecular weight excluding hydrogens is 296 g/mol. The van der Waals surface area contributed by atoms with Crippen LogP contribution in [0, 0.1) is 0 Å². The number of likely N-dealkylation sites (tertiary alicyclic amines) is 1. The van der Waals surface area contributed by atoms with E-state index in [4.69, 9.17) is 16.7 Å². The summed E-state index contributed by atoms with van der Waals surface area (Å²) >= 11 is 5.89. The number of nitrogens with zero attached hydrogens (tertiary/aromatic N) is 2. The number of carboxylic acid groups (broad SMARTS) is 1. The summed E-state index contributed by atoms with van der Waals surface area (Å²) in [4.78, 5) is 26.1. The predicted molar refractivity (Wildman–Crippen MR) is 77.1 cm³/mol. The molecule has 1 heterocycles. The van der Waals surface area contributed by atoms with E-state index >= 15 is 0 Å². The third-order valence-corrected chi connectivity index (χ3v) is 3.68. The van der Waals surface area contributed by atoms with E-state index in [1.165, 1.54) is 9.80 Å². The van der Waals surface area contributed by atoms with Gasteiger partial charge in [-0.15, -0.1) is 0 Å². The highest BCUT2D eigenvalue weighted by Gasteiger charge is 2.40. The second kappa shape index (κ2) is 6.32. The third kappa shape index (κ3) is 3.65. The van der Waals surface area contributed by atoms with E-state index in [1.54, 1.807) is 25.2 Å². The number of carbonyl (C=O) groups excluding carboxylic acids is 1. The molecule has 1 saturated heterocycles. The molecule has 1 fully saturated rings. The molecular formula is C14H17ClN2O4. The first-order chi connectivity index (χ1) is 9.88. The Morgan fingerprint density at radius 2 is 2.19 bits per heavy atom. The second-order valence-corrected chi connectivity index (χ2v) is 5.60. The van der Waals surface area contributed by atoms with Gasteiger partial charge in [0.25, 0.3) is 0 Å². The number of aliphatic hydroxyl groups excluding tert-OH is 1. The topological polar surface area (TPSA) is 81.1 Å². The fourth-order valence-corrected chi connectivity index (χ4v) is 2.67. The van der Waals surface area contributed by atoms with E-state index in [-0.39, 0.29) is 13.0 Å². The van der Waals surface area contributed by atoms with Crippen molar-refractivity contribution in [3.05, 3.63) is 34.9 Å². The molecule has 7 heteroatoms. The van der Waals surface area contributed by atoms with Crippen LogP contribution in [0.1, 0.15) is 12.0 Å². The molecule has 0 aliphatic carbocycles. The van der Waals surface area contributed by atoms with Crippen molar-refractivity contribution < 1.29 is 19.8 Å². The van der Waals surface area contributed by atoms with Gasteiger partial charge in [-0.05, 0) is 17.7 Å². The lowest BCUT2D eigenvalue weighted by Crippen LogP contribution is -2.46. The number of amides is 2. The molecule has 114 valence electrons. The van der Waals surface area contributed by atoms with Gasteiger partial charge in [0.2, 0.25) is 0 Å². The molecule has 1 aliphatic rings. The molecule has 1 aromatic rings. The van der Waals surface area contributed by atoms with E-state index in [9.17, 15) is 14.7 Å². The Kier molecular flexibility index (Phi) is 4.69. The molecule has 6 nitrogen and oxygen atoms in total. The molecule has 2 N–H and O–H groups in total. The van der Waals surface area contributed by atoms with Gasteiger partial charge in [-0.1, -0.05) is 23.7 Å². The molecule has 2 amide bonds. The van der Waals surface area contributed by atoms with Crippen molar-refractivity contribution in [2.75, 3.05) is 13.6 Å². The Labute approximate surface area is 127 Å². The van der Waals surface area contributed by atoms with E-state index in [0.717, 1.165) is 5.56 Å². The fraction of sp³-hybridized carbons (Fsp3) is 0.429. The van der Waals surface area contributed by atoms with E-state index < -0.39 is 24.1 Å². The minimum absolute atomic E-state index is 0.0374. The highest BCUT2D eigenvalue weighted by molar-refractivity contribution is 6.30. The zero-order chi connectivity index (χ0) is 15.6. The maximum Gasteiger partial charge on any atom is 0.326 e. The fourth-order valence-electron chi connectivity index (χ4n) is 2.46. The molecule has 0 saturated carbocycles. The molecule has 2 atom stereocenters. The van der Waals surface area contributed by atoms with Crippen LogP contribution in [0.5, 0.6) is 0 Å². The van der Waals surface area contributed by atoms with E-state index in [1.807, 2.05) is 6.07 Å². The maximum atomic E-state index is 12.3. The van der Waals surface area contributed by atoms with Crippen molar-refractivity contribution in [1.29, 1.82) is 0 Å². The number of carbonyl (C=O) groups is 2. The average molecular weight is 313 g/mol. The number of aliphatic hydroxyl groups is 1. The van der Waals surface area contributed by atoms with Crippen LogP contribution in [-0.4, -0.2) is 57.8 Å². The average Bonchev–Trinajstić information content (AvgIpc) is 2.80. The smallest absolute Gasteiger partial charge is 0.326 e. The molecule has 1 unspecified atom stereocenters. The number of rotatable bonds is 3. The Bertz CT molecular complexity index is 552. The van der Waals surface area contributed by atoms with Crippen LogP contribution in [0.15, 0.2) is 24.3 Å². The first-order valence-corrected chi connectivity index (χ1v) is 6.93. The highest BCUT2D eigenvalue weighted by atomic mass is 35.5. The largest absolute Gasteiger partial charge is 0.480 e. The summed E-state index contributed by atoms with van der Waals surface area (Å²) in [6, 6.07) is 5.72. The summed E-state index contributed by atoms with van der Waals surface area (Å²) in [5.41, 5.74) is 0.852. The maximum absolute atomic E-state index is 12.3. The number of aliphatic carboxylic acids is 1. The number of hydrogen-bond acceptors (Lipinski definition) is 3. The van der Waals surface area contributed by atoms with Crippen LogP contribution in [0.3, 0.4) is 0 Å². The molecule has 0 radical (unpaired) electrons. The highest BCUT2D eigenvalue weighted by Crippen LogP contribution is 2.20. The Morgan fingerprint density at radius 1 is 1.48 bits per heavy atom. The predicted octanol–water partition coefficient (Wildman–Crippen LogP) is 1.41. The van der Waals surface area contributed by atoms with Gasteiger partial charge in [-0.2, -0.15) is 0 Å². The first-order valence-electron chi connectivity index (χ1n) is 6.55. The SMILES string of the molecule is CN(Cc1cccc(Cl)c1)C(=O)N1CC(O)C[C@H]1C(=O)O. The van der Waals surface area contributed by atoms with Crippen LogP contribution in [0.25, 0.3) is 0 Å². The summed E-state index contributed by atoms with van der Waals surface area (Å²) in [6.45, 7) is 0.355. The van der Waals surface area contributed by atoms with Gasteiger partial charge in [-0.3, -0.25) is 0 Å². The number of hydrogen-bond donors (Lipinski definition) is 2. The Balaban J connectivity index is 2.06. The van der Waals surface area contributed by atoms with Gasteiger partial charge in [0, 0.05) is 31.6 Å². The monoisotopic (exact) mass is 312 g/mol. The van der Waals surface area contributed by atoms with Crippen LogP contribution in [-0.2, 0) is 11.3 Å². The molecule has 0 bridgehead atoms. The standard InChI is InChI=1S/C14H17ClN2O4/c1-16(7-9-3-2-4-10(15)5-9)14(21)17-8-11(18)6-12(17)13(19)20/h2-5,11-12,18H,6-8H2,1H3,(H,19,20)/t11?,12-/m0/s1. The normalized spacial score (nSPS) is 21.4. The minimum atomic E-state index is -1.10. The minimum Gasteiger partial charge on any atom is -0.480 e. The Hall–Kier alpha value is -1.79. The van der Waals surface area contributed by atoms with Crippen LogP contribution in [0.2, 0.25) is 5.02 Å². The van der Waals surface area contributed by atoms with Crippen molar-refractivity contribution in [1.82, 2.24) is 9.80 Å². The van der Waals surface area contributed by atoms with Crippen molar-refractivity contribution in [3.63, 3.8) is 0 Å². The van der Waals surface area contributed by atoms with Crippen molar-refractivity contribution >= 4 is 23.6 Å². The van der Waals surface area contributed by atoms with Crippen LogP contribution in [0.4, 0.5) is 4.79 Å². The van der Waals surface area contributed by atoms with Gasteiger partial charge in [0.05, 0.1) is 6.10 Å². The molecule has 1 aliphatic heterocycles. The van der Waals surface area contributed by atoms with Gasteiger partial charge < -0.3 is 20.0 Å². The van der Waals surface area contributed by atoms with Gasteiger partial charge in [0.15, 0.2) is 0 Å². The van der Waals surface area contributed by atoms with E-state index in [2.05, 4.69) is 0 Å². The lowest BCUT2D eigenvalue weighted by Gasteiger charge is -2.27. The summed E-state index contributed by atoms with van der Waals surface area (Å²) in [6.07, 6.45) is -0.735. The van der Waals surface area contributed by atoms with Crippen molar-refractivity contribution in [3.8, 4) is 0 Å². The lowest BCUT2D eigenvalue weighted by atomic mass is 10.2. The number of β-amino-alcohol motifs (C(OH)–C–C–N with tert-alkyl or cyclic N) is 1. The number of carboxylic acids is 1. The van der Waals surface area contributed by atoms with Crippen LogP contribution >= 0.6 is 11.6 Å². The number of benzene rings is 1. The zero-order valence-electron chi connectivity index (χ0n) is 11.6. The van der Waals surface area contributed by atoms with Crippen molar-refractivity contribution in [2.24, 2.45) is 0 Å². The van der Waals surface area contributed by atoms with E-state index in [0.29, 0.717) is 11.6 Å². The summed E-state index contributed by atoms with van der Waals surface area (Å²) < 4.78 is 0. The van der Waals surface area contributed by atoms with Gasteiger partial charge in [0.1, 0.15) is 6.04 Å². The molecule has 1 aromatic carbocycles. The third-order valence-electron chi connectivity index (χ3n) is 3.45. The van der Waals surface area contributed by atoms with Gasteiger partial charge in [-0.25, -0.2) is 9.59 Å². The first kappa shape index (κ1) is 15.6. The zero-order valence-corrected chi connectivity index (χ0v) is 12.3. The summed E-state index contributed by atoms with van der Waals surface area (Å²) in [5, 5.41) is 19.3. The molecule has 0 spiro atoms. The summed E-state index contributed by atoms with van der Waals surface area (Å²) in [5.74, 6) is -1.10. The summed E-state index contributed by atoms with van der Waals surface area (Å²) in [7, 11) is 1.59. The Morgan fingerprint density at radius 3 is 2.81 bits per heavy atom. The molecule has 2 rings (SSSR count). The molecule has 21 heavy (non-hydrogen) atoms. The van der Waals surface area contributed by atoms with Crippen LogP contribution < -0.4 is 0 Å². The molecule has 0 aromatic heterocycles. The quantitative estimate of drug-likeness (QED) is 0.884.